The number of H-pyrrole nitrogens is 1. The predicted octanol–water partition coefficient (Wildman–Crippen LogP) is 0.699. The lowest BCUT2D eigenvalue weighted by atomic mass is 10.3. The van der Waals surface area contributed by atoms with Gasteiger partial charge in [-0.15, -0.1) is 0 Å². The van der Waals surface area contributed by atoms with Crippen LogP contribution in [-0.2, 0) is 6.54 Å². The molecule has 0 aliphatic carbocycles. The molecular formula is C10H7FN4O2. The van der Waals surface area contributed by atoms with Crippen molar-refractivity contribution in [1.82, 2.24) is 14.8 Å². The van der Waals surface area contributed by atoms with Crippen molar-refractivity contribution in [1.29, 1.82) is 0 Å². The van der Waals surface area contributed by atoms with E-state index in [4.69, 9.17) is 0 Å². The quantitative estimate of drug-likeness (QED) is 0.789. The zero-order chi connectivity index (χ0) is 12.0. The van der Waals surface area contributed by atoms with Crippen LogP contribution in [0, 0.1) is 5.82 Å². The first kappa shape index (κ1) is 9.76. The summed E-state index contributed by atoms with van der Waals surface area (Å²) in [6.07, 6.45) is 0. The van der Waals surface area contributed by atoms with Crippen molar-refractivity contribution in [3.63, 3.8) is 0 Å². The van der Waals surface area contributed by atoms with Gasteiger partial charge in [0.1, 0.15) is 5.82 Å². The number of aromatic amines is 1. The number of benzene rings is 1. The van der Waals surface area contributed by atoms with Crippen LogP contribution in [0.25, 0.3) is 0 Å². The molecule has 0 unspecified atom stereocenters. The second-order valence-electron chi connectivity index (χ2n) is 3.63. The van der Waals surface area contributed by atoms with E-state index in [1.165, 1.54) is 23.1 Å². The molecule has 0 saturated carbocycles. The fourth-order valence-corrected chi connectivity index (χ4v) is 1.81. The largest absolute Gasteiger partial charge is 0.351 e. The summed E-state index contributed by atoms with van der Waals surface area (Å²) in [4.78, 5) is 24.5. The summed E-state index contributed by atoms with van der Waals surface area (Å²) in [7, 11) is 0. The van der Waals surface area contributed by atoms with Gasteiger partial charge in [-0.3, -0.25) is 4.90 Å². The van der Waals surface area contributed by atoms with E-state index in [0.29, 0.717) is 11.5 Å². The number of hydrogen-bond acceptors (Lipinski definition) is 3. The summed E-state index contributed by atoms with van der Waals surface area (Å²) in [6, 6.07) is 5.10. The van der Waals surface area contributed by atoms with Crippen LogP contribution in [0.4, 0.5) is 14.9 Å². The Morgan fingerprint density at radius 3 is 2.88 bits per heavy atom. The van der Waals surface area contributed by atoms with Gasteiger partial charge in [-0.25, -0.2) is 19.1 Å². The van der Waals surface area contributed by atoms with Gasteiger partial charge in [-0.05, 0) is 18.2 Å². The average molecular weight is 234 g/mol. The number of carbonyl (C=O) groups is 1. The molecule has 17 heavy (non-hydrogen) atoms. The number of hydrogen-bond donors (Lipinski definition) is 1. The van der Waals surface area contributed by atoms with Crippen LogP contribution in [0.2, 0.25) is 0 Å². The summed E-state index contributed by atoms with van der Waals surface area (Å²) in [5.74, 6) is -0.113. The number of nitrogens with zero attached hydrogens (tertiary/aromatic N) is 3. The molecular weight excluding hydrogens is 227 g/mol. The molecule has 1 aromatic heterocycles. The number of anilines is 1. The molecule has 1 aromatic carbocycles. The molecule has 1 amide bonds. The molecule has 0 spiro atoms. The lowest BCUT2D eigenvalue weighted by molar-refractivity contribution is 0.250. The maximum atomic E-state index is 13.1. The highest BCUT2D eigenvalue weighted by atomic mass is 19.1. The molecule has 2 aromatic rings. The van der Waals surface area contributed by atoms with Gasteiger partial charge >= 0.3 is 11.7 Å². The van der Waals surface area contributed by atoms with E-state index in [-0.39, 0.29) is 6.54 Å². The minimum atomic E-state index is -0.580. The minimum absolute atomic E-state index is 0.154. The lowest BCUT2D eigenvalue weighted by Crippen LogP contribution is -2.31. The second kappa shape index (κ2) is 3.27. The summed E-state index contributed by atoms with van der Waals surface area (Å²) in [5, 5.41) is 5.90. The van der Waals surface area contributed by atoms with Crippen molar-refractivity contribution in [2.75, 3.05) is 4.90 Å². The van der Waals surface area contributed by atoms with E-state index < -0.39 is 17.5 Å². The Kier molecular flexibility index (Phi) is 1.88. The molecule has 1 N–H and O–H groups in total. The molecule has 86 valence electrons. The molecule has 0 bridgehead atoms. The first-order valence-corrected chi connectivity index (χ1v) is 4.90. The molecule has 0 fully saturated rings. The number of nitrogens with one attached hydrogen (secondary N) is 1. The van der Waals surface area contributed by atoms with Gasteiger partial charge < -0.3 is 0 Å². The van der Waals surface area contributed by atoms with Gasteiger partial charge in [0.05, 0.1) is 6.54 Å². The predicted molar refractivity (Wildman–Crippen MR) is 56.2 cm³/mol. The van der Waals surface area contributed by atoms with Gasteiger partial charge in [0.25, 0.3) is 0 Å². The van der Waals surface area contributed by atoms with Crippen molar-refractivity contribution < 1.29 is 9.18 Å². The normalized spacial score (nSPS) is 14.2. The van der Waals surface area contributed by atoms with Crippen molar-refractivity contribution in [3.05, 3.63) is 46.4 Å². The molecule has 0 radical (unpaired) electrons. The van der Waals surface area contributed by atoms with Gasteiger partial charge in [-0.1, -0.05) is 6.07 Å². The van der Waals surface area contributed by atoms with Crippen LogP contribution in [0.3, 0.4) is 0 Å². The average Bonchev–Trinajstić information content (AvgIpc) is 2.81. The summed E-state index contributed by atoms with van der Waals surface area (Å²) < 4.78 is 14.0. The smallest absolute Gasteiger partial charge is 0.286 e. The Morgan fingerprint density at radius 1 is 1.35 bits per heavy atom. The number of rotatable bonds is 1. The SMILES string of the molecule is O=C1N(c2cccc(F)c2)Cc2n[nH]c(=O)n21. The van der Waals surface area contributed by atoms with Gasteiger partial charge in [0.15, 0.2) is 5.82 Å². The highest BCUT2D eigenvalue weighted by molar-refractivity contribution is 5.95. The lowest BCUT2D eigenvalue weighted by Gasteiger charge is -2.14. The van der Waals surface area contributed by atoms with Gasteiger partial charge in [-0.2, -0.15) is 9.67 Å². The Morgan fingerprint density at radius 2 is 2.18 bits per heavy atom. The van der Waals surface area contributed by atoms with Crippen LogP contribution in [0.1, 0.15) is 5.82 Å². The maximum Gasteiger partial charge on any atom is 0.351 e. The van der Waals surface area contributed by atoms with E-state index in [2.05, 4.69) is 10.2 Å². The monoisotopic (exact) mass is 234 g/mol. The van der Waals surface area contributed by atoms with E-state index in [0.717, 1.165) is 4.57 Å². The van der Waals surface area contributed by atoms with Crippen molar-refractivity contribution in [2.45, 2.75) is 6.54 Å². The fraction of sp³-hybridized carbons (Fsp3) is 0.100. The third-order valence-corrected chi connectivity index (χ3v) is 2.58. The zero-order valence-corrected chi connectivity index (χ0v) is 8.55. The first-order valence-electron chi connectivity index (χ1n) is 4.90. The summed E-state index contributed by atoms with van der Waals surface area (Å²) in [5.41, 5.74) is -0.177. The van der Waals surface area contributed by atoms with Crippen LogP contribution in [0.5, 0.6) is 0 Å². The second-order valence-corrected chi connectivity index (χ2v) is 3.63. The summed E-state index contributed by atoms with van der Waals surface area (Å²) >= 11 is 0. The highest BCUT2D eigenvalue weighted by Gasteiger charge is 2.31. The minimum Gasteiger partial charge on any atom is -0.286 e. The fourth-order valence-electron chi connectivity index (χ4n) is 1.81. The molecule has 3 rings (SSSR count). The van der Waals surface area contributed by atoms with Crippen molar-refractivity contribution >= 4 is 11.7 Å². The summed E-state index contributed by atoms with van der Waals surface area (Å²) in [6.45, 7) is 0.154. The maximum absolute atomic E-state index is 13.1. The molecule has 2 heterocycles. The number of fused-ring (bicyclic) bond motifs is 1. The van der Waals surface area contributed by atoms with E-state index >= 15 is 0 Å². The Hall–Kier alpha value is -2.44. The van der Waals surface area contributed by atoms with Gasteiger partial charge in [0.2, 0.25) is 0 Å². The topological polar surface area (TPSA) is 71.0 Å². The Labute approximate surface area is 94.3 Å². The molecule has 0 atom stereocenters. The molecule has 0 saturated heterocycles. The van der Waals surface area contributed by atoms with Crippen molar-refractivity contribution in [3.8, 4) is 0 Å². The number of amides is 1. The Balaban J connectivity index is 2.05. The zero-order valence-electron chi connectivity index (χ0n) is 8.55. The van der Waals surface area contributed by atoms with Gasteiger partial charge in [0, 0.05) is 5.69 Å². The van der Waals surface area contributed by atoms with E-state index in [1.54, 1.807) is 6.07 Å². The van der Waals surface area contributed by atoms with Crippen LogP contribution < -0.4 is 10.6 Å². The number of carbonyl (C=O) groups excluding carboxylic acids is 1. The third kappa shape index (κ3) is 1.36. The molecule has 1 aliphatic heterocycles. The number of aromatic nitrogens is 3. The molecule has 1 aliphatic rings. The van der Waals surface area contributed by atoms with Crippen molar-refractivity contribution in [2.24, 2.45) is 0 Å². The van der Waals surface area contributed by atoms with Crippen LogP contribution in [0.15, 0.2) is 29.1 Å². The van der Waals surface area contributed by atoms with Crippen LogP contribution in [-0.4, -0.2) is 20.8 Å². The molecule has 6 nitrogen and oxygen atoms in total. The highest BCUT2D eigenvalue weighted by Crippen LogP contribution is 2.22. The standard InChI is InChI=1S/C10H7FN4O2/c11-6-2-1-3-7(4-6)14-5-8-12-13-9(16)15(8)10(14)17/h1-4H,5H2,(H,13,16). The third-order valence-electron chi connectivity index (χ3n) is 2.58. The van der Waals surface area contributed by atoms with E-state index in [9.17, 15) is 14.0 Å². The first-order chi connectivity index (χ1) is 8.16. The van der Waals surface area contributed by atoms with E-state index in [1.807, 2.05) is 0 Å². The Bertz CT molecular complexity index is 660. The van der Waals surface area contributed by atoms with Crippen LogP contribution >= 0.6 is 0 Å². The number of halogens is 1. The molecule has 7 heteroatoms.